The molecule has 19 heavy (non-hydrogen) atoms. The Hall–Kier alpha value is -2.00. The Kier molecular flexibility index (Phi) is 3.13. The predicted molar refractivity (Wildman–Crippen MR) is 70.9 cm³/mol. The summed E-state index contributed by atoms with van der Waals surface area (Å²) in [4.78, 5) is 15.8. The van der Waals surface area contributed by atoms with Crippen LogP contribution in [-0.4, -0.2) is 24.8 Å². The van der Waals surface area contributed by atoms with E-state index in [1.54, 1.807) is 13.2 Å². The van der Waals surface area contributed by atoms with Crippen LogP contribution in [0.15, 0.2) is 27.1 Å². The van der Waals surface area contributed by atoms with Gasteiger partial charge in [0.2, 0.25) is 0 Å². The molecule has 0 amide bonds. The van der Waals surface area contributed by atoms with Gasteiger partial charge in [-0.2, -0.15) is 9.36 Å². The fraction of sp³-hybridized carbons (Fsp3) is 0.200. The van der Waals surface area contributed by atoms with Gasteiger partial charge in [0.25, 0.3) is 5.19 Å². The Morgan fingerprint density at radius 2 is 2.26 bits per heavy atom. The van der Waals surface area contributed by atoms with Crippen LogP contribution in [-0.2, 0) is 13.7 Å². The number of aryl methyl sites for hydroxylation is 1. The van der Waals surface area contributed by atoms with Crippen LogP contribution in [0.3, 0.4) is 0 Å². The first-order valence-corrected chi connectivity index (χ1v) is 7.14. The zero-order valence-corrected chi connectivity index (χ0v) is 11.5. The number of thiazole rings is 1. The molecule has 3 heterocycles. The van der Waals surface area contributed by atoms with Crippen LogP contribution in [0.1, 0.15) is 5.56 Å². The normalized spacial score (nSPS) is 10.8. The number of rotatable bonds is 4. The summed E-state index contributed by atoms with van der Waals surface area (Å²) in [6, 6.07) is 0. The summed E-state index contributed by atoms with van der Waals surface area (Å²) in [5.41, 5.74) is 1.29. The molecule has 0 saturated heterocycles. The van der Waals surface area contributed by atoms with Crippen LogP contribution in [0.5, 0.6) is 5.19 Å². The molecule has 0 aromatic carbocycles. The summed E-state index contributed by atoms with van der Waals surface area (Å²) in [5, 5.41) is 13.7. The smallest absolute Gasteiger partial charge is 0.368 e. The van der Waals surface area contributed by atoms with Crippen LogP contribution >= 0.6 is 22.7 Å². The van der Waals surface area contributed by atoms with Gasteiger partial charge in [0.05, 0.1) is 5.69 Å². The molecule has 0 spiro atoms. The monoisotopic (exact) mass is 295 g/mol. The number of aromatic nitrogens is 5. The second-order valence-corrected chi connectivity index (χ2v) is 5.27. The molecule has 3 aromatic heterocycles. The summed E-state index contributed by atoms with van der Waals surface area (Å²) in [5.74, 6) is 0. The minimum Gasteiger partial charge on any atom is -0.465 e. The molecule has 0 N–H and O–H groups in total. The van der Waals surface area contributed by atoms with Crippen LogP contribution in [0, 0.1) is 0 Å². The maximum absolute atomic E-state index is 11.8. The third-order valence-corrected chi connectivity index (χ3v) is 3.89. The molecule has 0 atom stereocenters. The number of thiophene rings is 1. The van der Waals surface area contributed by atoms with Gasteiger partial charge in [-0.1, -0.05) is 11.3 Å². The molecule has 9 heteroatoms. The molecule has 0 aliphatic carbocycles. The van der Waals surface area contributed by atoms with Crippen molar-refractivity contribution in [2.24, 2.45) is 7.05 Å². The van der Waals surface area contributed by atoms with Crippen molar-refractivity contribution in [2.75, 3.05) is 0 Å². The van der Waals surface area contributed by atoms with E-state index in [2.05, 4.69) is 15.4 Å². The van der Waals surface area contributed by atoms with Gasteiger partial charge in [-0.05, 0) is 15.8 Å². The topological polar surface area (TPSA) is 74.8 Å². The highest BCUT2D eigenvalue weighted by molar-refractivity contribution is 7.11. The van der Waals surface area contributed by atoms with Crippen molar-refractivity contribution in [2.45, 2.75) is 6.61 Å². The highest BCUT2D eigenvalue weighted by atomic mass is 32.1. The van der Waals surface area contributed by atoms with Gasteiger partial charge >= 0.3 is 5.69 Å². The van der Waals surface area contributed by atoms with E-state index in [9.17, 15) is 4.79 Å². The van der Waals surface area contributed by atoms with Gasteiger partial charge in [-0.15, -0.1) is 11.3 Å². The van der Waals surface area contributed by atoms with Crippen LogP contribution in [0.4, 0.5) is 0 Å². The molecular weight excluding hydrogens is 286 g/mol. The summed E-state index contributed by atoms with van der Waals surface area (Å²) in [6.45, 7) is 0.343. The third kappa shape index (κ3) is 2.29. The largest absolute Gasteiger partial charge is 0.465 e. The Balaban J connectivity index is 1.86. The van der Waals surface area contributed by atoms with Crippen LogP contribution in [0.2, 0.25) is 0 Å². The lowest BCUT2D eigenvalue weighted by atomic mass is 10.3. The second-order valence-electron chi connectivity index (χ2n) is 3.67. The summed E-state index contributed by atoms with van der Waals surface area (Å²) in [7, 11) is 1.56. The molecule has 7 nitrogen and oxygen atoms in total. The number of tetrazole rings is 1. The molecule has 0 aliphatic heterocycles. The lowest BCUT2D eigenvalue weighted by Gasteiger charge is -2.03. The van der Waals surface area contributed by atoms with E-state index in [4.69, 9.17) is 4.74 Å². The Morgan fingerprint density at radius 3 is 2.95 bits per heavy atom. The van der Waals surface area contributed by atoms with E-state index in [1.807, 2.05) is 16.1 Å². The number of nitrogens with zero attached hydrogens (tertiary/aromatic N) is 5. The van der Waals surface area contributed by atoms with Crippen LogP contribution < -0.4 is 10.4 Å². The maximum atomic E-state index is 11.8. The summed E-state index contributed by atoms with van der Waals surface area (Å²) < 4.78 is 7.99. The third-order valence-electron chi connectivity index (χ3n) is 2.43. The lowest BCUT2D eigenvalue weighted by Crippen LogP contribution is -2.22. The number of hydrogen-bond donors (Lipinski definition) is 0. The van der Waals surface area contributed by atoms with Gasteiger partial charge in [-0.25, -0.2) is 9.78 Å². The molecule has 98 valence electrons. The van der Waals surface area contributed by atoms with Crippen molar-refractivity contribution >= 4 is 22.7 Å². The molecule has 0 aliphatic rings. The predicted octanol–water partition coefficient (Wildman–Crippen LogP) is 1.06. The minimum absolute atomic E-state index is 0.283. The fourth-order valence-electron chi connectivity index (χ4n) is 1.50. The Morgan fingerprint density at radius 1 is 1.37 bits per heavy atom. The van der Waals surface area contributed by atoms with Gasteiger partial charge in [0.15, 0.2) is 0 Å². The fourth-order valence-corrected chi connectivity index (χ4v) is 2.78. The SMILES string of the molecule is Cn1nnn(-c2cscc2COc2nccs2)c1=O. The molecule has 0 saturated carbocycles. The van der Waals surface area contributed by atoms with Crippen molar-refractivity contribution in [1.82, 2.24) is 24.8 Å². The first-order valence-electron chi connectivity index (χ1n) is 5.32. The Bertz CT molecular complexity index is 727. The molecular formula is C10H9N5O2S2. The average molecular weight is 295 g/mol. The average Bonchev–Trinajstić information content (AvgIpc) is 3.11. The van der Waals surface area contributed by atoms with Crippen molar-refractivity contribution in [1.29, 1.82) is 0 Å². The van der Waals surface area contributed by atoms with Gasteiger partial charge in [-0.3, -0.25) is 0 Å². The van der Waals surface area contributed by atoms with Crippen molar-refractivity contribution < 1.29 is 4.74 Å². The molecule has 0 bridgehead atoms. The van der Waals surface area contributed by atoms with E-state index < -0.39 is 0 Å². The van der Waals surface area contributed by atoms with Crippen molar-refractivity contribution in [3.63, 3.8) is 0 Å². The zero-order valence-electron chi connectivity index (χ0n) is 9.89. The standard InChI is InChI=1S/C10H9N5O2S2/c1-14-10(16)15(13-12-14)8-6-18-5-7(8)4-17-9-11-2-3-19-9/h2-3,5-6H,4H2,1H3. The molecule has 0 unspecified atom stereocenters. The van der Waals surface area contributed by atoms with Gasteiger partial charge < -0.3 is 4.74 Å². The number of ether oxygens (including phenoxy) is 1. The van der Waals surface area contributed by atoms with Gasteiger partial charge in [0.1, 0.15) is 6.61 Å². The van der Waals surface area contributed by atoms with E-state index in [0.717, 1.165) is 5.56 Å². The van der Waals surface area contributed by atoms with Crippen molar-refractivity contribution in [3.8, 4) is 10.9 Å². The quantitative estimate of drug-likeness (QED) is 0.719. The second kappa shape index (κ2) is 4.94. The summed E-state index contributed by atoms with van der Waals surface area (Å²) in [6.07, 6.45) is 1.68. The van der Waals surface area contributed by atoms with Crippen molar-refractivity contribution in [3.05, 3.63) is 38.4 Å². The maximum Gasteiger partial charge on any atom is 0.368 e. The lowest BCUT2D eigenvalue weighted by molar-refractivity contribution is 0.304. The van der Waals surface area contributed by atoms with E-state index in [0.29, 0.717) is 17.5 Å². The van der Waals surface area contributed by atoms with E-state index in [-0.39, 0.29) is 5.69 Å². The van der Waals surface area contributed by atoms with E-state index >= 15 is 0 Å². The van der Waals surface area contributed by atoms with Gasteiger partial charge in [0, 0.05) is 29.6 Å². The first-order chi connectivity index (χ1) is 9.25. The zero-order chi connectivity index (χ0) is 13.2. The highest BCUT2D eigenvalue weighted by Gasteiger charge is 2.12. The van der Waals surface area contributed by atoms with E-state index in [1.165, 1.54) is 32.0 Å². The Labute approximate surface area is 115 Å². The molecule has 3 rings (SSSR count). The molecule has 0 radical (unpaired) electrons. The highest BCUT2D eigenvalue weighted by Crippen LogP contribution is 2.21. The molecule has 0 fully saturated rings. The first kappa shape index (κ1) is 12.1. The van der Waals surface area contributed by atoms with Crippen LogP contribution in [0.25, 0.3) is 5.69 Å². The molecule has 3 aromatic rings. The summed E-state index contributed by atoms with van der Waals surface area (Å²) >= 11 is 2.91. The minimum atomic E-state index is -0.283. The number of hydrogen-bond acceptors (Lipinski definition) is 7.